The number of halogens is 1. The van der Waals surface area contributed by atoms with E-state index < -0.39 is 30.3 Å². The zero-order valence-corrected chi connectivity index (χ0v) is 12.7. The molecule has 0 atom stereocenters. The molecule has 2 aromatic rings. The van der Waals surface area contributed by atoms with Crippen molar-refractivity contribution in [2.45, 2.75) is 6.42 Å². The van der Waals surface area contributed by atoms with Gasteiger partial charge in [-0.05, 0) is 34.5 Å². The van der Waals surface area contributed by atoms with E-state index in [1.807, 2.05) is 10.7 Å². The number of benzene rings is 1. The lowest BCUT2D eigenvalue weighted by Crippen LogP contribution is -2.37. The number of amides is 3. The highest BCUT2D eigenvalue weighted by molar-refractivity contribution is 7.07. The Morgan fingerprint density at radius 3 is 2.65 bits per heavy atom. The molecule has 8 heteroatoms. The molecule has 0 bridgehead atoms. The lowest BCUT2D eigenvalue weighted by molar-refractivity contribution is -0.147. The van der Waals surface area contributed by atoms with Crippen molar-refractivity contribution in [1.29, 1.82) is 0 Å². The topological polar surface area (TPSA) is 84.5 Å². The molecular formula is C15H13FN2O4S. The first-order valence-electron chi connectivity index (χ1n) is 6.56. The Hall–Kier alpha value is -2.74. The summed E-state index contributed by atoms with van der Waals surface area (Å²) in [4.78, 5) is 34.5. The number of hydrogen-bond donors (Lipinski definition) is 2. The van der Waals surface area contributed by atoms with Crippen molar-refractivity contribution < 1.29 is 23.5 Å². The van der Waals surface area contributed by atoms with E-state index in [1.54, 1.807) is 11.4 Å². The summed E-state index contributed by atoms with van der Waals surface area (Å²) in [6.45, 7) is -0.590. The second kappa shape index (κ2) is 8.04. The van der Waals surface area contributed by atoms with Crippen molar-refractivity contribution in [1.82, 2.24) is 5.32 Å². The molecule has 2 N–H and O–H groups in total. The molecule has 2 rings (SSSR count). The van der Waals surface area contributed by atoms with Crippen LogP contribution in [-0.2, 0) is 20.7 Å². The van der Waals surface area contributed by atoms with Crippen LogP contribution in [0.25, 0.3) is 0 Å². The van der Waals surface area contributed by atoms with Crippen molar-refractivity contribution in [3.63, 3.8) is 0 Å². The molecule has 1 heterocycles. The highest BCUT2D eigenvalue weighted by Gasteiger charge is 2.12. The second-order valence-corrected chi connectivity index (χ2v) is 5.23. The molecule has 6 nitrogen and oxygen atoms in total. The highest BCUT2D eigenvalue weighted by atomic mass is 32.1. The third-order valence-electron chi connectivity index (χ3n) is 2.67. The van der Waals surface area contributed by atoms with Gasteiger partial charge in [-0.2, -0.15) is 11.3 Å². The number of thiophene rings is 1. The van der Waals surface area contributed by atoms with Gasteiger partial charge in [0.25, 0.3) is 5.91 Å². The zero-order valence-electron chi connectivity index (χ0n) is 11.9. The molecule has 1 aromatic carbocycles. The van der Waals surface area contributed by atoms with E-state index in [1.165, 1.54) is 35.6 Å². The first-order valence-corrected chi connectivity index (χ1v) is 7.51. The number of anilines is 1. The number of hydrogen-bond acceptors (Lipinski definition) is 5. The monoisotopic (exact) mass is 336 g/mol. The molecule has 0 aliphatic heterocycles. The Morgan fingerprint density at radius 1 is 1.17 bits per heavy atom. The first-order chi connectivity index (χ1) is 11.0. The predicted molar refractivity (Wildman–Crippen MR) is 82.5 cm³/mol. The minimum atomic E-state index is -0.908. The van der Waals surface area contributed by atoms with Crippen molar-refractivity contribution in [2.75, 3.05) is 11.9 Å². The zero-order chi connectivity index (χ0) is 16.7. The lowest BCUT2D eigenvalue weighted by atomic mass is 10.2. The van der Waals surface area contributed by atoms with Gasteiger partial charge in [-0.25, -0.2) is 9.18 Å². The molecule has 3 amide bonds. The van der Waals surface area contributed by atoms with Gasteiger partial charge >= 0.3 is 12.0 Å². The number of para-hydroxylation sites is 1. The fourth-order valence-corrected chi connectivity index (χ4v) is 2.30. The summed E-state index contributed by atoms with van der Waals surface area (Å²) < 4.78 is 18.1. The Morgan fingerprint density at radius 2 is 1.96 bits per heavy atom. The van der Waals surface area contributed by atoms with Crippen LogP contribution >= 0.6 is 11.3 Å². The maximum absolute atomic E-state index is 13.3. The van der Waals surface area contributed by atoms with Crippen LogP contribution in [0.5, 0.6) is 0 Å². The van der Waals surface area contributed by atoms with Gasteiger partial charge in [-0.15, -0.1) is 0 Å². The molecular weight excluding hydrogens is 323 g/mol. The lowest BCUT2D eigenvalue weighted by Gasteiger charge is -2.08. The summed E-state index contributed by atoms with van der Waals surface area (Å²) >= 11 is 1.45. The summed E-state index contributed by atoms with van der Waals surface area (Å²) in [6.07, 6.45) is 0.0538. The molecule has 0 unspecified atom stereocenters. The van der Waals surface area contributed by atoms with Crippen molar-refractivity contribution in [2.24, 2.45) is 0 Å². The van der Waals surface area contributed by atoms with Gasteiger partial charge in [0.2, 0.25) is 0 Å². The maximum atomic E-state index is 13.3. The minimum Gasteiger partial charge on any atom is -0.455 e. The number of rotatable bonds is 5. The standard InChI is InChI=1S/C15H13FN2O4S/c16-11-3-1-2-4-12(11)17-15(21)18-13(19)8-22-14(20)7-10-5-6-23-9-10/h1-6,9H,7-8H2,(H2,17,18,19,21). The van der Waals surface area contributed by atoms with E-state index in [2.05, 4.69) is 5.32 Å². The summed E-state index contributed by atoms with van der Waals surface area (Å²) in [6, 6.07) is 6.38. The third kappa shape index (κ3) is 5.51. The van der Waals surface area contributed by atoms with Crippen LogP contribution in [0.15, 0.2) is 41.1 Å². The van der Waals surface area contributed by atoms with E-state index in [0.29, 0.717) is 0 Å². The number of carbonyl (C=O) groups excluding carboxylic acids is 3. The van der Waals surface area contributed by atoms with Gasteiger partial charge in [0.15, 0.2) is 6.61 Å². The number of carbonyl (C=O) groups is 3. The molecule has 0 fully saturated rings. The van der Waals surface area contributed by atoms with E-state index in [-0.39, 0.29) is 12.1 Å². The number of imide groups is 1. The average Bonchev–Trinajstić information content (AvgIpc) is 3.00. The second-order valence-electron chi connectivity index (χ2n) is 4.45. The highest BCUT2D eigenvalue weighted by Crippen LogP contribution is 2.11. The van der Waals surface area contributed by atoms with E-state index in [4.69, 9.17) is 4.74 Å². The maximum Gasteiger partial charge on any atom is 0.326 e. The SMILES string of the molecule is O=C(COC(=O)Cc1ccsc1)NC(=O)Nc1ccccc1F. The number of ether oxygens (including phenoxy) is 1. The van der Waals surface area contributed by atoms with Crippen molar-refractivity contribution in [3.8, 4) is 0 Å². The molecule has 0 aliphatic rings. The Kier molecular flexibility index (Phi) is 5.81. The number of urea groups is 1. The first kappa shape index (κ1) is 16.6. The van der Waals surface area contributed by atoms with E-state index in [0.717, 1.165) is 5.56 Å². The molecule has 1 aromatic heterocycles. The van der Waals surface area contributed by atoms with Crippen LogP contribution in [0.3, 0.4) is 0 Å². The summed E-state index contributed by atoms with van der Waals surface area (Å²) in [5.74, 6) is -2.01. The Bertz CT molecular complexity index is 703. The van der Waals surface area contributed by atoms with Crippen LogP contribution in [0.4, 0.5) is 14.9 Å². The quantitative estimate of drug-likeness (QED) is 0.821. The van der Waals surface area contributed by atoms with Gasteiger partial charge in [0.05, 0.1) is 12.1 Å². The minimum absolute atomic E-state index is 0.0538. The molecule has 0 spiro atoms. The molecule has 0 saturated carbocycles. The fourth-order valence-electron chi connectivity index (χ4n) is 1.64. The smallest absolute Gasteiger partial charge is 0.326 e. The van der Waals surface area contributed by atoms with Gasteiger partial charge in [-0.1, -0.05) is 12.1 Å². The average molecular weight is 336 g/mol. The molecule has 0 radical (unpaired) electrons. The van der Waals surface area contributed by atoms with Crippen molar-refractivity contribution in [3.05, 3.63) is 52.5 Å². The fraction of sp³-hybridized carbons (Fsp3) is 0.133. The predicted octanol–water partition coefficient (Wildman–Crippen LogP) is 2.32. The van der Waals surface area contributed by atoms with Crippen molar-refractivity contribution >= 4 is 34.9 Å². The molecule has 0 aliphatic carbocycles. The van der Waals surface area contributed by atoms with E-state index in [9.17, 15) is 18.8 Å². The Labute approximate surface area is 135 Å². The van der Waals surface area contributed by atoms with Crippen LogP contribution in [0.2, 0.25) is 0 Å². The van der Waals surface area contributed by atoms with Crippen LogP contribution in [-0.4, -0.2) is 24.5 Å². The van der Waals surface area contributed by atoms with E-state index >= 15 is 0 Å². The molecule has 23 heavy (non-hydrogen) atoms. The van der Waals surface area contributed by atoms with Gasteiger partial charge in [0, 0.05) is 0 Å². The Balaban J connectivity index is 1.73. The summed E-state index contributed by atoms with van der Waals surface area (Å²) in [7, 11) is 0. The number of esters is 1. The summed E-state index contributed by atoms with van der Waals surface area (Å²) in [5, 5.41) is 7.74. The number of nitrogens with one attached hydrogen (secondary N) is 2. The van der Waals surface area contributed by atoms with Crippen LogP contribution in [0.1, 0.15) is 5.56 Å². The normalized spacial score (nSPS) is 9.96. The van der Waals surface area contributed by atoms with Gasteiger partial charge in [0.1, 0.15) is 5.82 Å². The van der Waals surface area contributed by atoms with Gasteiger partial charge in [-0.3, -0.25) is 14.9 Å². The summed E-state index contributed by atoms with van der Waals surface area (Å²) in [5.41, 5.74) is 0.727. The van der Waals surface area contributed by atoms with Crippen LogP contribution in [0, 0.1) is 5.82 Å². The third-order valence-corrected chi connectivity index (χ3v) is 3.40. The molecule has 120 valence electrons. The largest absolute Gasteiger partial charge is 0.455 e. The molecule has 0 saturated heterocycles. The van der Waals surface area contributed by atoms with Crippen LogP contribution < -0.4 is 10.6 Å². The van der Waals surface area contributed by atoms with Gasteiger partial charge < -0.3 is 10.1 Å².